The molecule has 1 aliphatic carbocycles. The van der Waals surface area contributed by atoms with Gasteiger partial charge in [-0.2, -0.15) is 0 Å². The fourth-order valence-corrected chi connectivity index (χ4v) is 5.59. The topological polar surface area (TPSA) is 3.88 Å². The van der Waals surface area contributed by atoms with Crippen LogP contribution < -0.4 is 4.57 Å². The highest BCUT2D eigenvalue weighted by molar-refractivity contribution is 5.93. The quantitative estimate of drug-likeness (QED) is 0.295. The van der Waals surface area contributed by atoms with Crippen molar-refractivity contribution < 1.29 is 4.57 Å². The zero-order valence-electron chi connectivity index (χ0n) is 19.8. The van der Waals surface area contributed by atoms with Crippen molar-refractivity contribution in [3.63, 3.8) is 0 Å². The van der Waals surface area contributed by atoms with E-state index in [1.165, 1.54) is 55.4 Å². The van der Waals surface area contributed by atoms with Crippen LogP contribution in [0.25, 0.3) is 33.2 Å². The number of aryl methyl sites for hydroxylation is 2. The maximum atomic E-state index is 2.43. The summed E-state index contributed by atoms with van der Waals surface area (Å²) in [5.41, 5.74) is 11.0. The van der Waals surface area contributed by atoms with E-state index in [1.54, 1.807) is 0 Å². The Bertz CT molecular complexity index is 1350. The number of hydrogen-bond donors (Lipinski definition) is 0. The Balaban J connectivity index is 1.87. The first-order valence-corrected chi connectivity index (χ1v) is 11.3. The van der Waals surface area contributed by atoms with Gasteiger partial charge < -0.3 is 0 Å². The van der Waals surface area contributed by atoms with Crippen molar-refractivity contribution in [2.24, 2.45) is 7.05 Å². The largest absolute Gasteiger partial charge is 0.212 e. The van der Waals surface area contributed by atoms with E-state index in [1.807, 2.05) is 0 Å². The molecule has 3 aromatic carbocycles. The number of rotatable bonds is 1. The van der Waals surface area contributed by atoms with Gasteiger partial charge >= 0.3 is 0 Å². The predicted molar refractivity (Wildman–Crippen MR) is 132 cm³/mol. The van der Waals surface area contributed by atoms with Gasteiger partial charge in [-0.25, -0.2) is 4.57 Å². The molecule has 31 heavy (non-hydrogen) atoms. The summed E-state index contributed by atoms with van der Waals surface area (Å²) in [6.45, 7) is 14.2. The van der Waals surface area contributed by atoms with Crippen molar-refractivity contribution in [2.75, 3.05) is 0 Å². The third kappa shape index (κ3) is 2.72. The standard InChI is InChI=1S/C30H32N/c1-19-14-15-31(7)27(16-19)23-12-13-24-25-17-21-10-8-9-11-22(21)18-26(25)29(3,4)30(5,6)28(24)20(23)2/h8-18H,1-7H3/q+1. The minimum atomic E-state index is 0.000278. The van der Waals surface area contributed by atoms with E-state index in [4.69, 9.17) is 0 Å². The number of benzene rings is 3. The Labute approximate surface area is 186 Å². The Kier molecular flexibility index (Phi) is 4.21. The van der Waals surface area contributed by atoms with E-state index in [-0.39, 0.29) is 10.8 Å². The van der Waals surface area contributed by atoms with Crippen molar-refractivity contribution in [3.8, 4) is 22.4 Å². The first-order valence-electron chi connectivity index (χ1n) is 11.3. The summed E-state index contributed by atoms with van der Waals surface area (Å²) in [5.74, 6) is 0. The number of fused-ring (bicyclic) bond motifs is 4. The maximum Gasteiger partial charge on any atom is 0.212 e. The summed E-state index contributed by atoms with van der Waals surface area (Å²) in [7, 11) is 2.14. The number of pyridine rings is 1. The SMILES string of the molecule is Cc1cc[n+](C)c(-c2ccc3c(c2C)C(C)(C)C(C)(C)c2cc4ccccc4cc2-3)c1. The van der Waals surface area contributed by atoms with E-state index in [0.717, 1.165) is 0 Å². The zero-order valence-corrected chi connectivity index (χ0v) is 19.8. The van der Waals surface area contributed by atoms with E-state index < -0.39 is 0 Å². The molecule has 0 spiro atoms. The van der Waals surface area contributed by atoms with Gasteiger partial charge in [-0.15, -0.1) is 0 Å². The van der Waals surface area contributed by atoms with Crippen LogP contribution >= 0.6 is 0 Å². The monoisotopic (exact) mass is 406 g/mol. The lowest BCUT2D eigenvalue weighted by atomic mass is 9.54. The lowest BCUT2D eigenvalue weighted by Crippen LogP contribution is -2.44. The second-order valence-corrected chi connectivity index (χ2v) is 10.4. The Morgan fingerprint density at radius 3 is 2.03 bits per heavy atom. The summed E-state index contributed by atoms with van der Waals surface area (Å²) in [6.07, 6.45) is 2.17. The van der Waals surface area contributed by atoms with Crippen LogP contribution in [0.3, 0.4) is 0 Å². The molecule has 0 aliphatic heterocycles. The van der Waals surface area contributed by atoms with Crippen LogP contribution in [-0.4, -0.2) is 0 Å². The first-order chi connectivity index (χ1) is 14.6. The summed E-state index contributed by atoms with van der Waals surface area (Å²) < 4.78 is 2.24. The van der Waals surface area contributed by atoms with Gasteiger partial charge in [-0.05, 0) is 87.0 Å². The zero-order chi connectivity index (χ0) is 22.1. The van der Waals surface area contributed by atoms with Crippen molar-refractivity contribution in [1.29, 1.82) is 0 Å². The van der Waals surface area contributed by atoms with Crippen molar-refractivity contribution in [2.45, 2.75) is 52.4 Å². The molecular formula is C30H32N+. The van der Waals surface area contributed by atoms with Gasteiger partial charge in [0.05, 0.1) is 0 Å². The second kappa shape index (κ2) is 6.53. The van der Waals surface area contributed by atoms with Crippen LogP contribution in [0.4, 0.5) is 0 Å². The number of hydrogen-bond acceptors (Lipinski definition) is 0. The average Bonchev–Trinajstić information content (AvgIpc) is 2.73. The predicted octanol–water partition coefficient (Wildman–Crippen LogP) is 7.18. The molecule has 1 aliphatic rings. The van der Waals surface area contributed by atoms with E-state index in [2.05, 4.69) is 120 Å². The van der Waals surface area contributed by atoms with Gasteiger partial charge in [0, 0.05) is 17.7 Å². The van der Waals surface area contributed by atoms with Crippen LogP contribution in [0.2, 0.25) is 0 Å². The normalized spacial score (nSPS) is 16.1. The highest BCUT2D eigenvalue weighted by atomic mass is 14.9. The molecule has 1 aromatic heterocycles. The van der Waals surface area contributed by atoms with Gasteiger partial charge in [0.25, 0.3) is 0 Å². The average molecular weight is 407 g/mol. The Morgan fingerprint density at radius 1 is 0.677 bits per heavy atom. The second-order valence-electron chi connectivity index (χ2n) is 10.4. The van der Waals surface area contributed by atoms with Crippen LogP contribution in [0.1, 0.15) is 49.9 Å². The highest BCUT2D eigenvalue weighted by Crippen LogP contribution is 2.56. The first kappa shape index (κ1) is 20.0. The molecule has 0 amide bonds. The molecule has 0 N–H and O–H groups in total. The lowest BCUT2D eigenvalue weighted by Gasteiger charge is -2.49. The van der Waals surface area contributed by atoms with Crippen molar-refractivity contribution >= 4 is 10.8 Å². The summed E-state index contributed by atoms with van der Waals surface area (Å²) in [4.78, 5) is 0. The Morgan fingerprint density at radius 2 is 1.32 bits per heavy atom. The fourth-order valence-electron chi connectivity index (χ4n) is 5.59. The third-order valence-corrected chi connectivity index (χ3v) is 8.08. The maximum absolute atomic E-state index is 2.43. The van der Waals surface area contributed by atoms with Gasteiger partial charge in [-0.1, -0.05) is 58.0 Å². The molecule has 0 saturated heterocycles. The molecule has 5 rings (SSSR count). The van der Waals surface area contributed by atoms with Gasteiger partial charge in [-0.3, -0.25) is 0 Å². The van der Waals surface area contributed by atoms with Crippen LogP contribution in [-0.2, 0) is 17.9 Å². The molecule has 156 valence electrons. The summed E-state index contributed by atoms with van der Waals surface area (Å²) in [5, 5.41) is 2.64. The van der Waals surface area contributed by atoms with Crippen LogP contribution in [0, 0.1) is 13.8 Å². The van der Waals surface area contributed by atoms with Gasteiger partial charge in [0.2, 0.25) is 5.69 Å². The van der Waals surface area contributed by atoms with Crippen LogP contribution in [0.5, 0.6) is 0 Å². The van der Waals surface area contributed by atoms with Crippen molar-refractivity contribution in [1.82, 2.24) is 0 Å². The molecule has 0 radical (unpaired) electrons. The minimum absolute atomic E-state index is 0.000278. The molecule has 1 nitrogen and oxygen atoms in total. The Hall–Kier alpha value is -2.93. The molecule has 1 heteroatoms. The molecule has 0 fully saturated rings. The third-order valence-electron chi connectivity index (χ3n) is 8.08. The molecule has 0 atom stereocenters. The number of nitrogens with zero attached hydrogens (tertiary/aromatic N) is 1. The van der Waals surface area contributed by atoms with Gasteiger partial charge in [0.1, 0.15) is 7.05 Å². The molecule has 1 heterocycles. The van der Waals surface area contributed by atoms with Gasteiger partial charge in [0.15, 0.2) is 6.20 Å². The number of aromatic nitrogens is 1. The smallest absolute Gasteiger partial charge is 0.201 e. The molecule has 0 unspecified atom stereocenters. The molecule has 0 bridgehead atoms. The minimum Gasteiger partial charge on any atom is -0.201 e. The van der Waals surface area contributed by atoms with Crippen molar-refractivity contribution in [3.05, 3.63) is 89.1 Å². The highest BCUT2D eigenvalue weighted by Gasteiger charge is 2.47. The fraction of sp³-hybridized carbons (Fsp3) is 0.300. The van der Waals surface area contributed by atoms with Crippen LogP contribution in [0.15, 0.2) is 66.9 Å². The molecular weight excluding hydrogens is 374 g/mol. The molecule has 0 saturated carbocycles. The van der Waals surface area contributed by atoms with E-state index in [0.29, 0.717) is 0 Å². The van der Waals surface area contributed by atoms with E-state index >= 15 is 0 Å². The summed E-state index contributed by atoms with van der Waals surface area (Å²) in [6, 6.07) is 22.8. The molecule has 4 aromatic rings. The summed E-state index contributed by atoms with van der Waals surface area (Å²) >= 11 is 0. The van der Waals surface area contributed by atoms with E-state index in [9.17, 15) is 0 Å². The lowest BCUT2D eigenvalue weighted by molar-refractivity contribution is -0.660.